The molecule has 21 heavy (non-hydrogen) atoms. The molecule has 1 heterocycles. The first-order chi connectivity index (χ1) is 10.0. The molecule has 0 aromatic carbocycles. The van der Waals surface area contributed by atoms with Crippen LogP contribution < -0.4 is 5.32 Å². The highest BCUT2D eigenvalue weighted by molar-refractivity contribution is 5.93. The van der Waals surface area contributed by atoms with Crippen LogP contribution in [0.1, 0.15) is 74.6 Å². The predicted octanol–water partition coefficient (Wildman–Crippen LogP) is 2.59. The molecule has 2 rings (SSSR count). The lowest BCUT2D eigenvalue weighted by Gasteiger charge is -2.28. The second-order valence-electron chi connectivity index (χ2n) is 6.19. The Kier molecular flexibility index (Phi) is 5.04. The van der Waals surface area contributed by atoms with Crippen molar-refractivity contribution in [2.45, 2.75) is 70.9 Å². The molecule has 0 aliphatic heterocycles. The number of carbonyl (C=O) groups is 1. The molecule has 0 saturated heterocycles. The van der Waals surface area contributed by atoms with Gasteiger partial charge in [-0.2, -0.15) is 5.10 Å². The van der Waals surface area contributed by atoms with Crippen molar-refractivity contribution in [1.82, 2.24) is 15.1 Å². The van der Waals surface area contributed by atoms with Crippen molar-refractivity contribution in [2.24, 2.45) is 0 Å². The molecule has 0 unspecified atom stereocenters. The van der Waals surface area contributed by atoms with E-state index in [1.807, 2.05) is 17.7 Å². The van der Waals surface area contributed by atoms with Crippen molar-refractivity contribution in [3.63, 3.8) is 0 Å². The number of amides is 1. The minimum Gasteiger partial charge on any atom is -0.394 e. The molecule has 5 nitrogen and oxygen atoms in total. The molecule has 1 aliphatic carbocycles. The Morgan fingerprint density at radius 2 is 2.05 bits per heavy atom. The molecule has 0 radical (unpaired) electrons. The monoisotopic (exact) mass is 293 g/mol. The van der Waals surface area contributed by atoms with Gasteiger partial charge in [0.05, 0.1) is 23.9 Å². The summed E-state index contributed by atoms with van der Waals surface area (Å²) in [6, 6.07) is 2.08. The number of aromatic nitrogens is 2. The first kappa shape index (κ1) is 16.0. The zero-order valence-corrected chi connectivity index (χ0v) is 13.4. The number of aliphatic hydroxyl groups excluding tert-OH is 1. The van der Waals surface area contributed by atoms with E-state index in [9.17, 15) is 9.90 Å². The fourth-order valence-electron chi connectivity index (χ4n) is 3.28. The smallest absolute Gasteiger partial charge is 0.270 e. The fourth-order valence-corrected chi connectivity index (χ4v) is 3.28. The molecular weight excluding hydrogens is 266 g/mol. The summed E-state index contributed by atoms with van der Waals surface area (Å²) >= 11 is 0. The van der Waals surface area contributed by atoms with Crippen LogP contribution in [0.3, 0.4) is 0 Å². The number of aryl methyl sites for hydroxylation is 1. The summed E-state index contributed by atoms with van der Waals surface area (Å²) in [6.45, 7) is 6.14. The SMILES string of the molecule is CCC(CC)n1nc(C)cc1C(=O)NC1(CO)CCCC1. The molecule has 1 aromatic heterocycles. The van der Waals surface area contributed by atoms with Gasteiger partial charge in [0.25, 0.3) is 5.91 Å². The molecule has 1 saturated carbocycles. The molecule has 5 heteroatoms. The molecule has 1 aliphatic rings. The largest absolute Gasteiger partial charge is 0.394 e. The summed E-state index contributed by atoms with van der Waals surface area (Å²) in [5, 5.41) is 17.2. The minimum atomic E-state index is -0.436. The van der Waals surface area contributed by atoms with Crippen LogP contribution in [-0.4, -0.2) is 32.9 Å². The van der Waals surface area contributed by atoms with Crippen LogP contribution in [0.25, 0.3) is 0 Å². The molecule has 0 bridgehead atoms. The quantitative estimate of drug-likeness (QED) is 0.847. The molecule has 0 atom stereocenters. The number of rotatable bonds is 6. The van der Waals surface area contributed by atoms with Crippen LogP contribution in [0.5, 0.6) is 0 Å². The normalized spacial score (nSPS) is 17.4. The average Bonchev–Trinajstić information content (AvgIpc) is 3.08. The van der Waals surface area contributed by atoms with Crippen LogP contribution in [-0.2, 0) is 0 Å². The van der Waals surface area contributed by atoms with Crippen molar-refractivity contribution in [2.75, 3.05) is 6.61 Å². The topological polar surface area (TPSA) is 67.2 Å². The van der Waals surface area contributed by atoms with Gasteiger partial charge < -0.3 is 10.4 Å². The minimum absolute atomic E-state index is 0.0108. The van der Waals surface area contributed by atoms with E-state index in [0.717, 1.165) is 44.2 Å². The molecule has 118 valence electrons. The summed E-state index contributed by atoms with van der Waals surface area (Å²) < 4.78 is 1.85. The fraction of sp³-hybridized carbons (Fsp3) is 0.750. The number of aliphatic hydroxyl groups is 1. The van der Waals surface area contributed by atoms with Crippen molar-refractivity contribution in [1.29, 1.82) is 0 Å². The maximum Gasteiger partial charge on any atom is 0.270 e. The maximum atomic E-state index is 12.7. The van der Waals surface area contributed by atoms with E-state index in [4.69, 9.17) is 0 Å². The number of hydrogen-bond donors (Lipinski definition) is 2. The van der Waals surface area contributed by atoms with Gasteiger partial charge >= 0.3 is 0 Å². The number of nitrogens with one attached hydrogen (secondary N) is 1. The Bertz CT molecular complexity index is 486. The summed E-state index contributed by atoms with van der Waals surface area (Å²) in [7, 11) is 0. The Hall–Kier alpha value is -1.36. The molecular formula is C16H27N3O2. The lowest BCUT2D eigenvalue weighted by molar-refractivity contribution is 0.0824. The summed E-state index contributed by atoms with van der Waals surface area (Å²) in [5.74, 6) is -0.113. The predicted molar refractivity (Wildman–Crippen MR) is 82.3 cm³/mol. The van der Waals surface area contributed by atoms with E-state index in [1.165, 1.54) is 0 Å². The van der Waals surface area contributed by atoms with Gasteiger partial charge in [-0.05, 0) is 38.7 Å². The third-order valence-corrected chi connectivity index (χ3v) is 4.62. The van der Waals surface area contributed by atoms with E-state index >= 15 is 0 Å². The molecule has 1 aromatic rings. The van der Waals surface area contributed by atoms with Gasteiger partial charge in [-0.3, -0.25) is 9.48 Å². The average molecular weight is 293 g/mol. The van der Waals surface area contributed by atoms with Crippen molar-refractivity contribution in [3.05, 3.63) is 17.5 Å². The highest BCUT2D eigenvalue weighted by Gasteiger charge is 2.35. The Balaban J connectivity index is 2.23. The van der Waals surface area contributed by atoms with Gasteiger partial charge in [0.15, 0.2) is 0 Å². The van der Waals surface area contributed by atoms with E-state index in [2.05, 4.69) is 24.3 Å². The van der Waals surface area contributed by atoms with E-state index < -0.39 is 5.54 Å². The van der Waals surface area contributed by atoms with Crippen LogP contribution in [0, 0.1) is 6.92 Å². The zero-order chi connectivity index (χ0) is 15.5. The first-order valence-electron chi connectivity index (χ1n) is 8.04. The highest BCUT2D eigenvalue weighted by Crippen LogP contribution is 2.29. The second kappa shape index (κ2) is 6.60. The molecule has 1 fully saturated rings. The van der Waals surface area contributed by atoms with Crippen molar-refractivity contribution >= 4 is 5.91 Å². The number of nitrogens with zero attached hydrogens (tertiary/aromatic N) is 2. The third-order valence-electron chi connectivity index (χ3n) is 4.62. The van der Waals surface area contributed by atoms with E-state index in [-0.39, 0.29) is 18.6 Å². The number of hydrogen-bond acceptors (Lipinski definition) is 3. The lowest BCUT2D eigenvalue weighted by Crippen LogP contribution is -2.49. The Morgan fingerprint density at radius 1 is 1.43 bits per heavy atom. The summed E-state index contributed by atoms with van der Waals surface area (Å²) in [5.41, 5.74) is 1.03. The first-order valence-corrected chi connectivity index (χ1v) is 8.04. The Morgan fingerprint density at radius 3 is 2.57 bits per heavy atom. The van der Waals surface area contributed by atoms with Gasteiger partial charge in [0.1, 0.15) is 5.69 Å². The zero-order valence-electron chi connectivity index (χ0n) is 13.4. The van der Waals surface area contributed by atoms with Gasteiger partial charge in [-0.25, -0.2) is 0 Å². The Labute approximate surface area is 126 Å². The molecule has 0 spiro atoms. The second-order valence-corrected chi connectivity index (χ2v) is 6.19. The van der Waals surface area contributed by atoms with Gasteiger partial charge in [-0.1, -0.05) is 26.7 Å². The van der Waals surface area contributed by atoms with Crippen molar-refractivity contribution in [3.8, 4) is 0 Å². The number of carbonyl (C=O) groups excluding carboxylic acids is 1. The van der Waals surface area contributed by atoms with E-state index in [1.54, 1.807) is 0 Å². The maximum absolute atomic E-state index is 12.7. The van der Waals surface area contributed by atoms with Crippen LogP contribution in [0.2, 0.25) is 0 Å². The summed E-state index contributed by atoms with van der Waals surface area (Å²) in [4.78, 5) is 12.7. The van der Waals surface area contributed by atoms with Crippen LogP contribution in [0.15, 0.2) is 6.07 Å². The van der Waals surface area contributed by atoms with E-state index in [0.29, 0.717) is 5.69 Å². The van der Waals surface area contributed by atoms with Gasteiger partial charge in [0.2, 0.25) is 0 Å². The lowest BCUT2D eigenvalue weighted by atomic mass is 9.98. The van der Waals surface area contributed by atoms with Gasteiger partial charge in [0, 0.05) is 0 Å². The highest BCUT2D eigenvalue weighted by atomic mass is 16.3. The third kappa shape index (κ3) is 3.28. The summed E-state index contributed by atoms with van der Waals surface area (Å²) in [6.07, 6.45) is 5.73. The van der Waals surface area contributed by atoms with Gasteiger partial charge in [-0.15, -0.1) is 0 Å². The standard InChI is InChI=1S/C16H27N3O2/c1-4-13(5-2)19-14(10-12(3)18-19)15(21)17-16(11-20)8-6-7-9-16/h10,13,20H,4-9,11H2,1-3H3,(H,17,21). The molecule has 2 N–H and O–H groups in total. The molecule has 1 amide bonds. The van der Waals surface area contributed by atoms with Crippen molar-refractivity contribution < 1.29 is 9.90 Å². The van der Waals surface area contributed by atoms with Crippen LogP contribution >= 0.6 is 0 Å². The van der Waals surface area contributed by atoms with Crippen LogP contribution in [0.4, 0.5) is 0 Å².